The number of halogens is 1. The van der Waals surface area contributed by atoms with Crippen LogP contribution < -0.4 is 9.47 Å². The van der Waals surface area contributed by atoms with Gasteiger partial charge >= 0.3 is 0 Å². The van der Waals surface area contributed by atoms with Gasteiger partial charge in [-0.25, -0.2) is 4.39 Å². The van der Waals surface area contributed by atoms with E-state index in [1.165, 1.54) is 0 Å². The number of alkyl halides is 1. The fraction of sp³-hybridized carbons (Fsp3) is 0.400. The van der Waals surface area contributed by atoms with Crippen molar-refractivity contribution in [3.63, 3.8) is 0 Å². The number of hydrogen-bond donors (Lipinski definition) is 3. The van der Waals surface area contributed by atoms with Crippen LogP contribution in [-0.4, -0.2) is 59.8 Å². The number of para-hydroxylation sites is 1. The first kappa shape index (κ1) is 19.6. The highest BCUT2D eigenvalue weighted by molar-refractivity contribution is 5.39. The highest BCUT2D eigenvalue weighted by Crippen LogP contribution is 2.28. The number of methoxy groups -OCH3 is 1. The lowest BCUT2D eigenvalue weighted by Crippen LogP contribution is -2.59. The summed E-state index contributed by atoms with van der Waals surface area (Å²) < 4.78 is 29.2. The molecule has 0 saturated carbocycles. The summed E-state index contributed by atoms with van der Waals surface area (Å²) in [7, 11) is 1.60. The molecule has 0 bridgehead atoms. The minimum atomic E-state index is -1.56. The summed E-state index contributed by atoms with van der Waals surface area (Å²) in [6, 6.07) is 14.8. The van der Waals surface area contributed by atoms with Gasteiger partial charge in [-0.05, 0) is 29.3 Å². The molecule has 0 aliphatic carbocycles. The van der Waals surface area contributed by atoms with Gasteiger partial charge in [0.25, 0.3) is 0 Å². The standard InChI is InChI=1S/C20H23FO6/c1-25-14-8-6-12(7-9-14)10-13-4-2-3-5-15(13)26-20-19(24)18(23)17(22)16(11-21)27-20/h2-9,16-20,22-24H,10-11H2,1H3/t16-,17-,18+,19-,20+/m1/s1. The smallest absolute Gasteiger partial charge is 0.229 e. The molecular weight excluding hydrogens is 355 g/mol. The molecule has 1 fully saturated rings. The van der Waals surface area contributed by atoms with E-state index in [0.29, 0.717) is 12.2 Å². The van der Waals surface area contributed by atoms with Gasteiger partial charge in [-0.15, -0.1) is 0 Å². The molecule has 5 atom stereocenters. The van der Waals surface area contributed by atoms with Crippen molar-refractivity contribution in [2.45, 2.75) is 37.1 Å². The van der Waals surface area contributed by atoms with Crippen molar-refractivity contribution < 1.29 is 33.9 Å². The molecule has 1 heterocycles. The number of ether oxygens (including phenoxy) is 3. The van der Waals surface area contributed by atoms with Gasteiger partial charge in [0.15, 0.2) is 0 Å². The Bertz CT molecular complexity index is 736. The van der Waals surface area contributed by atoms with Crippen molar-refractivity contribution in [3.8, 4) is 11.5 Å². The van der Waals surface area contributed by atoms with Crippen LogP contribution in [0.5, 0.6) is 11.5 Å². The maximum Gasteiger partial charge on any atom is 0.229 e. The first-order valence-electron chi connectivity index (χ1n) is 8.66. The molecule has 6 nitrogen and oxygen atoms in total. The van der Waals surface area contributed by atoms with Crippen molar-refractivity contribution in [2.24, 2.45) is 0 Å². The summed E-state index contributed by atoms with van der Waals surface area (Å²) in [4.78, 5) is 0. The van der Waals surface area contributed by atoms with Crippen LogP contribution >= 0.6 is 0 Å². The second-order valence-corrected chi connectivity index (χ2v) is 6.42. The summed E-state index contributed by atoms with van der Waals surface area (Å²) in [6.45, 7) is -1.00. The minimum absolute atomic E-state index is 0.443. The number of rotatable bonds is 6. The lowest BCUT2D eigenvalue weighted by Gasteiger charge is -2.39. The van der Waals surface area contributed by atoms with E-state index >= 15 is 0 Å². The summed E-state index contributed by atoms with van der Waals surface area (Å²) in [6.07, 6.45) is -6.57. The molecule has 1 saturated heterocycles. The molecule has 0 unspecified atom stereocenters. The number of aliphatic hydroxyl groups is 3. The van der Waals surface area contributed by atoms with Gasteiger partial charge in [-0.2, -0.15) is 0 Å². The third-order valence-electron chi connectivity index (χ3n) is 4.59. The fourth-order valence-electron chi connectivity index (χ4n) is 2.99. The van der Waals surface area contributed by atoms with E-state index in [4.69, 9.17) is 14.2 Å². The van der Waals surface area contributed by atoms with Crippen LogP contribution in [0.1, 0.15) is 11.1 Å². The second-order valence-electron chi connectivity index (χ2n) is 6.42. The monoisotopic (exact) mass is 378 g/mol. The molecule has 7 heteroatoms. The lowest BCUT2D eigenvalue weighted by atomic mass is 9.99. The van der Waals surface area contributed by atoms with E-state index in [9.17, 15) is 19.7 Å². The molecule has 0 radical (unpaired) electrons. The summed E-state index contributed by atoms with van der Waals surface area (Å²) >= 11 is 0. The molecule has 0 spiro atoms. The maximum atomic E-state index is 13.0. The Balaban J connectivity index is 1.77. The van der Waals surface area contributed by atoms with Gasteiger partial charge in [-0.3, -0.25) is 0 Å². The third-order valence-corrected chi connectivity index (χ3v) is 4.59. The van der Waals surface area contributed by atoms with Gasteiger partial charge in [0.05, 0.1) is 7.11 Å². The third kappa shape index (κ3) is 4.39. The Kier molecular flexibility index (Phi) is 6.28. The zero-order chi connectivity index (χ0) is 19.4. The van der Waals surface area contributed by atoms with Crippen molar-refractivity contribution in [1.82, 2.24) is 0 Å². The molecule has 27 heavy (non-hydrogen) atoms. The topological polar surface area (TPSA) is 88.4 Å². The van der Waals surface area contributed by atoms with Crippen LogP contribution in [0, 0.1) is 0 Å². The quantitative estimate of drug-likeness (QED) is 0.705. The lowest BCUT2D eigenvalue weighted by molar-refractivity contribution is -0.274. The molecule has 3 N–H and O–H groups in total. The molecule has 3 rings (SSSR count). The summed E-state index contributed by atoms with van der Waals surface area (Å²) in [5.74, 6) is 1.20. The molecular formula is C20H23FO6. The molecule has 2 aromatic rings. The highest BCUT2D eigenvalue weighted by atomic mass is 19.1. The number of aliphatic hydroxyl groups excluding tert-OH is 3. The fourth-order valence-corrected chi connectivity index (χ4v) is 2.99. The van der Waals surface area contributed by atoms with Crippen molar-refractivity contribution in [2.75, 3.05) is 13.8 Å². The zero-order valence-electron chi connectivity index (χ0n) is 14.9. The Morgan fingerprint density at radius 1 is 0.963 bits per heavy atom. The zero-order valence-corrected chi connectivity index (χ0v) is 14.9. The number of benzene rings is 2. The van der Waals surface area contributed by atoms with Crippen LogP contribution in [-0.2, 0) is 11.2 Å². The predicted octanol–water partition coefficient (Wildman–Crippen LogP) is 1.44. The molecule has 146 valence electrons. The van der Waals surface area contributed by atoms with Crippen LogP contribution in [0.3, 0.4) is 0 Å². The summed E-state index contributed by atoms with van der Waals surface area (Å²) in [5.41, 5.74) is 1.85. The van der Waals surface area contributed by atoms with Gasteiger partial charge in [0, 0.05) is 6.42 Å². The van der Waals surface area contributed by atoms with E-state index in [2.05, 4.69) is 0 Å². The van der Waals surface area contributed by atoms with Gasteiger partial charge in [-0.1, -0.05) is 30.3 Å². The molecule has 1 aliphatic rings. The van der Waals surface area contributed by atoms with Crippen molar-refractivity contribution in [3.05, 3.63) is 59.7 Å². The van der Waals surface area contributed by atoms with Gasteiger partial charge in [0.2, 0.25) is 6.29 Å². The van der Waals surface area contributed by atoms with Gasteiger partial charge in [0.1, 0.15) is 42.6 Å². The van der Waals surface area contributed by atoms with E-state index in [1.54, 1.807) is 19.2 Å². The van der Waals surface area contributed by atoms with Crippen molar-refractivity contribution in [1.29, 1.82) is 0 Å². The predicted molar refractivity (Wildman–Crippen MR) is 95.5 cm³/mol. The largest absolute Gasteiger partial charge is 0.497 e. The normalized spacial score (nSPS) is 28.0. The molecule has 0 aromatic heterocycles. The Morgan fingerprint density at radius 3 is 2.33 bits per heavy atom. The summed E-state index contributed by atoms with van der Waals surface area (Å²) in [5, 5.41) is 29.8. The van der Waals surface area contributed by atoms with Crippen LogP contribution in [0.2, 0.25) is 0 Å². The average Bonchev–Trinajstić information content (AvgIpc) is 2.70. The first-order chi connectivity index (χ1) is 13.0. The Labute approximate surface area is 156 Å². The maximum absolute atomic E-state index is 13.0. The second kappa shape index (κ2) is 8.67. The van der Waals surface area contributed by atoms with E-state index in [-0.39, 0.29) is 0 Å². The Morgan fingerprint density at radius 2 is 1.67 bits per heavy atom. The first-order valence-corrected chi connectivity index (χ1v) is 8.66. The highest BCUT2D eigenvalue weighted by Gasteiger charge is 2.45. The van der Waals surface area contributed by atoms with E-state index in [1.807, 2.05) is 36.4 Å². The van der Waals surface area contributed by atoms with Gasteiger partial charge < -0.3 is 29.5 Å². The van der Waals surface area contributed by atoms with E-state index < -0.39 is 37.4 Å². The minimum Gasteiger partial charge on any atom is -0.497 e. The van der Waals surface area contributed by atoms with Crippen LogP contribution in [0.25, 0.3) is 0 Å². The average molecular weight is 378 g/mol. The molecule has 0 amide bonds. The number of hydrogen-bond acceptors (Lipinski definition) is 6. The Hall–Kier alpha value is -2.19. The molecule has 2 aromatic carbocycles. The van der Waals surface area contributed by atoms with Crippen molar-refractivity contribution >= 4 is 0 Å². The van der Waals surface area contributed by atoms with Crippen LogP contribution in [0.15, 0.2) is 48.5 Å². The van der Waals surface area contributed by atoms with Crippen LogP contribution in [0.4, 0.5) is 4.39 Å². The molecule has 1 aliphatic heterocycles. The van der Waals surface area contributed by atoms with E-state index in [0.717, 1.165) is 16.9 Å². The SMILES string of the molecule is COc1ccc(Cc2ccccc2O[C@H]2O[C@H](CF)[C@@H](O)[C@H](O)[C@H]2O)cc1.